The quantitative estimate of drug-likeness (QED) is 0.680. The lowest BCUT2D eigenvalue weighted by atomic mass is 10.1. The average Bonchev–Trinajstić information content (AvgIpc) is 2.74. The van der Waals surface area contributed by atoms with Crippen LogP contribution in [0.5, 0.6) is 0 Å². The number of esters is 1. The van der Waals surface area contributed by atoms with Crippen molar-refractivity contribution in [2.45, 2.75) is 6.54 Å². The number of amides is 1. The molecule has 1 heterocycles. The summed E-state index contributed by atoms with van der Waals surface area (Å²) < 4.78 is 10.1. The zero-order valence-corrected chi connectivity index (χ0v) is 16.9. The molecular formula is C22H28N3O4+. The minimum Gasteiger partial charge on any atom is -0.465 e. The molecule has 2 aromatic carbocycles. The molecular weight excluding hydrogens is 370 g/mol. The van der Waals surface area contributed by atoms with Crippen molar-refractivity contribution in [2.75, 3.05) is 57.2 Å². The van der Waals surface area contributed by atoms with Crippen LogP contribution < -0.4 is 15.1 Å². The summed E-state index contributed by atoms with van der Waals surface area (Å²) in [5, 5.41) is 2.95. The summed E-state index contributed by atoms with van der Waals surface area (Å²) in [4.78, 5) is 27.3. The summed E-state index contributed by atoms with van der Waals surface area (Å²) in [6, 6.07) is 15.2. The van der Waals surface area contributed by atoms with Crippen molar-refractivity contribution in [3.63, 3.8) is 0 Å². The second-order valence-electron chi connectivity index (χ2n) is 7.20. The fraction of sp³-hybridized carbons (Fsp3) is 0.364. The van der Waals surface area contributed by atoms with Crippen LogP contribution in [0.1, 0.15) is 15.9 Å². The first-order valence-corrected chi connectivity index (χ1v) is 9.76. The fourth-order valence-corrected chi connectivity index (χ4v) is 3.39. The van der Waals surface area contributed by atoms with Gasteiger partial charge in [-0.1, -0.05) is 12.1 Å². The first kappa shape index (κ1) is 20.8. The Labute approximate surface area is 171 Å². The Balaban J connectivity index is 1.50. The molecule has 1 saturated heterocycles. The predicted octanol–water partition coefficient (Wildman–Crippen LogP) is 0.963. The lowest BCUT2D eigenvalue weighted by Gasteiger charge is -2.28. The molecule has 1 atom stereocenters. The first-order chi connectivity index (χ1) is 14.0. The Morgan fingerprint density at radius 2 is 1.86 bits per heavy atom. The zero-order valence-electron chi connectivity index (χ0n) is 16.9. The maximum Gasteiger partial charge on any atom is 0.337 e. The van der Waals surface area contributed by atoms with Gasteiger partial charge in [0.15, 0.2) is 6.54 Å². The highest BCUT2D eigenvalue weighted by atomic mass is 16.5. The summed E-state index contributed by atoms with van der Waals surface area (Å²) in [5.41, 5.74) is 3.42. The van der Waals surface area contributed by atoms with E-state index in [9.17, 15) is 9.59 Å². The van der Waals surface area contributed by atoms with Crippen molar-refractivity contribution in [1.82, 2.24) is 0 Å². The molecule has 7 heteroatoms. The molecule has 1 fully saturated rings. The normalized spacial score (nSPS) is 14.9. The van der Waals surface area contributed by atoms with E-state index in [0.717, 1.165) is 48.1 Å². The molecule has 0 aromatic heterocycles. The maximum atomic E-state index is 12.4. The van der Waals surface area contributed by atoms with Crippen molar-refractivity contribution in [2.24, 2.45) is 0 Å². The largest absolute Gasteiger partial charge is 0.465 e. The number of quaternary nitrogens is 1. The summed E-state index contributed by atoms with van der Waals surface area (Å²) in [5.74, 6) is -0.409. The van der Waals surface area contributed by atoms with E-state index < -0.39 is 0 Å². The zero-order chi connectivity index (χ0) is 20.6. The summed E-state index contributed by atoms with van der Waals surface area (Å²) >= 11 is 0. The number of ether oxygens (including phenoxy) is 2. The molecule has 29 heavy (non-hydrogen) atoms. The van der Waals surface area contributed by atoms with Crippen molar-refractivity contribution in [1.29, 1.82) is 0 Å². The van der Waals surface area contributed by atoms with Crippen LogP contribution in [0.3, 0.4) is 0 Å². The van der Waals surface area contributed by atoms with Crippen LogP contribution in [0.25, 0.3) is 0 Å². The number of likely N-dealkylation sites (N-methyl/N-ethyl adjacent to an activating group) is 1. The number of methoxy groups -OCH3 is 1. The SMILES string of the molecule is COC(=O)c1cccc(C[NH+](C)CC(=O)Nc2ccc(N3CCOCC3)cc2)c1. The smallest absolute Gasteiger partial charge is 0.337 e. The van der Waals surface area contributed by atoms with Crippen LogP contribution in [-0.2, 0) is 20.8 Å². The fourth-order valence-electron chi connectivity index (χ4n) is 3.39. The highest BCUT2D eigenvalue weighted by Gasteiger charge is 2.14. The molecule has 2 N–H and O–H groups in total. The van der Waals surface area contributed by atoms with E-state index in [0.29, 0.717) is 18.7 Å². The topological polar surface area (TPSA) is 72.3 Å². The van der Waals surface area contributed by atoms with Crippen LogP contribution >= 0.6 is 0 Å². The highest BCUT2D eigenvalue weighted by Crippen LogP contribution is 2.18. The van der Waals surface area contributed by atoms with Gasteiger partial charge in [0.25, 0.3) is 5.91 Å². The monoisotopic (exact) mass is 398 g/mol. The molecule has 0 aliphatic carbocycles. The molecule has 1 amide bonds. The van der Waals surface area contributed by atoms with Gasteiger partial charge in [0.05, 0.1) is 32.9 Å². The molecule has 0 spiro atoms. The number of rotatable bonds is 7. The number of nitrogens with one attached hydrogen (secondary N) is 2. The van der Waals surface area contributed by atoms with E-state index in [4.69, 9.17) is 9.47 Å². The van der Waals surface area contributed by atoms with Crippen LogP contribution in [0, 0.1) is 0 Å². The van der Waals surface area contributed by atoms with Gasteiger partial charge in [0.1, 0.15) is 6.54 Å². The number of hydrogen-bond acceptors (Lipinski definition) is 5. The number of carbonyl (C=O) groups is 2. The number of carbonyl (C=O) groups excluding carboxylic acids is 2. The van der Waals surface area contributed by atoms with Gasteiger partial charge in [0.2, 0.25) is 0 Å². The Hall–Kier alpha value is -2.90. The second kappa shape index (κ2) is 10.0. The van der Waals surface area contributed by atoms with E-state index in [1.807, 2.05) is 43.4 Å². The van der Waals surface area contributed by atoms with E-state index in [2.05, 4.69) is 10.2 Å². The summed E-state index contributed by atoms with van der Waals surface area (Å²) in [6.07, 6.45) is 0. The van der Waals surface area contributed by atoms with Crippen LogP contribution in [0.4, 0.5) is 11.4 Å². The third-order valence-electron chi connectivity index (χ3n) is 4.84. The molecule has 154 valence electrons. The number of hydrogen-bond donors (Lipinski definition) is 2. The maximum absolute atomic E-state index is 12.4. The molecule has 0 bridgehead atoms. The average molecular weight is 398 g/mol. The summed E-state index contributed by atoms with van der Waals surface area (Å²) in [6.45, 7) is 4.22. The number of nitrogens with zero attached hydrogens (tertiary/aromatic N) is 1. The van der Waals surface area contributed by atoms with E-state index in [-0.39, 0.29) is 11.9 Å². The van der Waals surface area contributed by atoms with Crippen molar-refractivity contribution in [3.05, 3.63) is 59.7 Å². The standard InChI is InChI=1S/C22H27N3O4/c1-24(15-17-4-3-5-18(14-17)22(27)28-2)16-21(26)23-19-6-8-20(9-7-19)25-10-12-29-13-11-25/h3-9,14H,10-13,15-16H2,1-2H3,(H,23,26)/p+1. The van der Waals surface area contributed by atoms with E-state index in [1.165, 1.54) is 7.11 Å². The molecule has 3 rings (SSSR count). The Kier molecular flexibility index (Phi) is 7.21. The van der Waals surface area contributed by atoms with Crippen LogP contribution in [-0.4, -0.2) is 58.9 Å². The molecule has 7 nitrogen and oxygen atoms in total. The van der Waals surface area contributed by atoms with Crippen LogP contribution in [0.15, 0.2) is 48.5 Å². The van der Waals surface area contributed by atoms with Gasteiger partial charge < -0.3 is 24.6 Å². The van der Waals surface area contributed by atoms with Gasteiger partial charge in [-0.05, 0) is 36.4 Å². The molecule has 1 unspecified atom stereocenters. The predicted molar refractivity (Wildman–Crippen MR) is 111 cm³/mol. The Morgan fingerprint density at radius 3 is 2.55 bits per heavy atom. The van der Waals surface area contributed by atoms with Gasteiger partial charge in [-0.3, -0.25) is 4.79 Å². The third kappa shape index (κ3) is 6.04. The summed E-state index contributed by atoms with van der Waals surface area (Å²) in [7, 11) is 3.32. The van der Waals surface area contributed by atoms with E-state index >= 15 is 0 Å². The van der Waals surface area contributed by atoms with Gasteiger partial charge in [-0.15, -0.1) is 0 Å². The van der Waals surface area contributed by atoms with E-state index in [1.54, 1.807) is 12.1 Å². The first-order valence-electron chi connectivity index (χ1n) is 9.76. The second-order valence-corrected chi connectivity index (χ2v) is 7.20. The van der Waals surface area contributed by atoms with Crippen molar-refractivity contribution in [3.8, 4) is 0 Å². The van der Waals surface area contributed by atoms with Crippen molar-refractivity contribution < 1.29 is 24.0 Å². The lowest BCUT2D eigenvalue weighted by molar-refractivity contribution is -0.885. The van der Waals surface area contributed by atoms with Crippen LogP contribution in [0.2, 0.25) is 0 Å². The third-order valence-corrected chi connectivity index (χ3v) is 4.84. The van der Waals surface area contributed by atoms with Gasteiger partial charge in [0, 0.05) is 30.0 Å². The molecule has 0 radical (unpaired) electrons. The minimum atomic E-state index is -0.359. The Bertz CT molecular complexity index is 832. The van der Waals surface area contributed by atoms with Crippen molar-refractivity contribution >= 4 is 23.3 Å². The molecule has 0 saturated carbocycles. The number of morpholine rings is 1. The lowest BCUT2D eigenvalue weighted by Crippen LogP contribution is -3.08. The van der Waals surface area contributed by atoms with Gasteiger partial charge >= 0.3 is 5.97 Å². The Morgan fingerprint density at radius 1 is 1.14 bits per heavy atom. The molecule has 2 aromatic rings. The van der Waals surface area contributed by atoms with Gasteiger partial charge in [-0.2, -0.15) is 0 Å². The number of benzene rings is 2. The number of anilines is 2. The highest BCUT2D eigenvalue weighted by molar-refractivity contribution is 5.91. The minimum absolute atomic E-state index is 0.0502. The molecule has 1 aliphatic heterocycles. The van der Waals surface area contributed by atoms with Gasteiger partial charge in [-0.25, -0.2) is 4.79 Å². The molecule has 1 aliphatic rings.